The largest absolute Gasteiger partial charge is 0.0723 e. The molecule has 0 aliphatic heterocycles. The molecule has 2 rings (SSSR count). The summed E-state index contributed by atoms with van der Waals surface area (Å²) in [5, 5.41) is 0. The second kappa shape index (κ2) is 4.75. The summed E-state index contributed by atoms with van der Waals surface area (Å²) in [5.41, 5.74) is 4.04. The Bertz CT molecular complexity index is 470. The smallest absolute Gasteiger partial charge is 0.0143 e. The highest BCUT2D eigenvalue weighted by Crippen LogP contribution is 2.33. The highest BCUT2D eigenvalue weighted by molar-refractivity contribution is 5.45. The van der Waals surface area contributed by atoms with E-state index < -0.39 is 0 Å². The highest BCUT2D eigenvalue weighted by Gasteiger charge is 2.23. The molecule has 0 N–H and O–H groups in total. The normalized spacial score (nSPS) is 16.2. The molecule has 0 heteroatoms. The molecule has 0 bridgehead atoms. The molecule has 0 nitrogen and oxygen atoms in total. The van der Waals surface area contributed by atoms with Crippen molar-refractivity contribution in [2.45, 2.75) is 26.2 Å². The molecule has 0 heterocycles. The van der Waals surface area contributed by atoms with Crippen molar-refractivity contribution in [3.8, 4) is 0 Å². The monoisotopic (exact) mass is 223 g/mol. The molecule has 0 atom stereocenters. The second-order valence-electron chi connectivity index (χ2n) is 5.05. The molecule has 87 valence electrons. The first-order chi connectivity index (χ1) is 8.10. The maximum absolute atomic E-state index is 2.27. The Morgan fingerprint density at radius 2 is 1.65 bits per heavy atom. The van der Waals surface area contributed by atoms with Crippen LogP contribution in [0.2, 0.25) is 0 Å². The molecular weight excluding hydrogens is 204 g/mol. The molecule has 0 unspecified atom stereocenters. The van der Waals surface area contributed by atoms with Gasteiger partial charge in [-0.25, -0.2) is 0 Å². The molecule has 0 fully saturated rings. The first kappa shape index (κ1) is 11.9. The Morgan fingerprint density at radius 3 is 2.35 bits per heavy atom. The lowest BCUT2D eigenvalue weighted by molar-refractivity contribution is 0.639. The van der Waals surface area contributed by atoms with Gasteiger partial charge in [0.15, 0.2) is 0 Å². The van der Waals surface area contributed by atoms with Crippen molar-refractivity contribution < 1.29 is 0 Å². The van der Waals surface area contributed by atoms with E-state index in [1.165, 1.54) is 16.7 Å². The van der Waals surface area contributed by atoms with Crippen molar-refractivity contribution in [1.29, 1.82) is 0 Å². The predicted octanol–water partition coefficient (Wildman–Crippen LogP) is 4.61. The van der Waals surface area contributed by atoms with Crippen molar-refractivity contribution in [2.75, 3.05) is 0 Å². The fraction of sp³-hybridized carbons (Fsp3) is 0.235. The lowest BCUT2D eigenvalue weighted by Gasteiger charge is -2.27. The average molecular weight is 223 g/mol. The van der Waals surface area contributed by atoms with Crippen LogP contribution in [0.5, 0.6) is 0 Å². The van der Waals surface area contributed by atoms with Crippen LogP contribution in [0.4, 0.5) is 0 Å². The summed E-state index contributed by atoms with van der Waals surface area (Å²) in [6.45, 7) is 6.67. The van der Waals surface area contributed by atoms with Gasteiger partial charge in [0.05, 0.1) is 0 Å². The van der Waals surface area contributed by atoms with Gasteiger partial charge in [0.2, 0.25) is 0 Å². The summed E-state index contributed by atoms with van der Waals surface area (Å²) >= 11 is 0. The van der Waals surface area contributed by atoms with E-state index in [1.54, 1.807) is 0 Å². The summed E-state index contributed by atoms with van der Waals surface area (Å²) in [6, 6.07) is 10.7. The van der Waals surface area contributed by atoms with E-state index >= 15 is 0 Å². The first-order valence-electron chi connectivity index (χ1n) is 6.07. The van der Waals surface area contributed by atoms with Gasteiger partial charge < -0.3 is 0 Å². The average Bonchev–Trinajstić information content (AvgIpc) is 2.55. The molecule has 0 spiro atoms. The molecular formula is C17H19. The van der Waals surface area contributed by atoms with E-state index in [0.29, 0.717) is 0 Å². The van der Waals surface area contributed by atoms with Crippen molar-refractivity contribution in [3.05, 3.63) is 77.8 Å². The van der Waals surface area contributed by atoms with Gasteiger partial charge in [0.25, 0.3) is 0 Å². The zero-order valence-corrected chi connectivity index (χ0v) is 10.8. The Balaban J connectivity index is 2.34. The lowest BCUT2D eigenvalue weighted by Crippen LogP contribution is -2.19. The van der Waals surface area contributed by atoms with Crippen molar-refractivity contribution in [3.63, 3.8) is 0 Å². The van der Waals surface area contributed by atoms with E-state index in [-0.39, 0.29) is 5.41 Å². The van der Waals surface area contributed by atoms with E-state index in [9.17, 15) is 0 Å². The SMILES string of the molecule is CC1=CC=CC(C(C)(C)c2ccccc2)=C[CH]1. The fourth-order valence-corrected chi connectivity index (χ4v) is 2.07. The van der Waals surface area contributed by atoms with E-state index in [4.69, 9.17) is 0 Å². The van der Waals surface area contributed by atoms with Crippen LogP contribution in [0.3, 0.4) is 0 Å². The van der Waals surface area contributed by atoms with Gasteiger partial charge in [0.1, 0.15) is 0 Å². The number of hydrogen-bond donors (Lipinski definition) is 0. The van der Waals surface area contributed by atoms with Gasteiger partial charge in [-0.15, -0.1) is 0 Å². The van der Waals surface area contributed by atoms with Crippen LogP contribution >= 0.6 is 0 Å². The van der Waals surface area contributed by atoms with Gasteiger partial charge in [-0.2, -0.15) is 0 Å². The summed E-state index contributed by atoms with van der Waals surface area (Å²) in [5.74, 6) is 0. The minimum atomic E-state index is 0.0483. The molecule has 0 aromatic heterocycles. The third-order valence-electron chi connectivity index (χ3n) is 3.38. The lowest BCUT2D eigenvalue weighted by atomic mass is 9.77. The molecule has 1 aliphatic carbocycles. The van der Waals surface area contributed by atoms with Gasteiger partial charge >= 0.3 is 0 Å². The molecule has 1 aromatic carbocycles. The number of allylic oxidation sites excluding steroid dienone is 6. The van der Waals surface area contributed by atoms with Crippen molar-refractivity contribution >= 4 is 0 Å². The minimum absolute atomic E-state index is 0.0483. The third kappa shape index (κ3) is 2.58. The first-order valence-corrected chi connectivity index (χ1v) is 6.07. The summed E-state index contributed by atoms with van der Waals surface area (Å²) in [7, 11) is 0. The molecule has 0 amide bonds. The molecule has 17 heavy (non-hydrogen) atoms. The topological polar surface area (TPSA) is 0 Å². The van der Waals surface area contributed by atoms with Crippen LogP contribution in [0, 0.1) is 6.42 Å². The fourth-order valence-electron chi connectivity index (χ4n) is 2.07. The predicted molar refractivity (Wildman–Crippen MR) is 74.7 cm³/mol. The van der Waals surface area contributed by atoms with Crippen LogP contribution in [-0.4, -0.2) is 0 Å². The van der Waals surface area contributed by atoms with Gasteiger partial charge in [-0.05, 0) is 18.1 Å². The number of hydrogen-bond acceptors (Lipinski definition) is 0. The molecule has 0 saturated carbocycles. The zero-order valence-electron chi connectivity index (χ0n) is 10.8. The van der Waals surface area contributed by atoms with E-state index in [2.05, 4.69) is 81.8 Å². The van der Waals surface area contributed by atoms with Crippen LogP contribution in [0.1, 0.15) is 26.3 Å². The Morgan fingerprint density at radius 1 is 0.941 bits per heavy atom. The van der Waals surface area contributed by atoms with Gasteiger partial charge in [-0.3, -0.25) is 0 Å². The standard InChI is InChI=1S/C17H19/c1-14-8-7-11-16(13-12-14)17(2,3)15-9-5-4-6-10-15/h4-13H,1-3H3. The van der Waals surface area contributed by atoms with Crippen LogP contribution in [0.25, 0.3) is 0 Å². The van der Waals surface area contributed by atoms with E-state index in [1.807, 2.05) is 0 Å². The van der Waals surface area contributed by atoms with Crippen LogP contribution in [0.15, 0.2) is 65.8 Å². The molecule has 0 saturated heterocycles. The Labute approximate surface area is 104 Å². The summed E-state index contributed by atoms with van der Waals surface area (Å²) in [6.07, 6.45) is 10.9. The summed E-state index contributed by atoms with van der Waals surface area (Å²) in [4.78, 5) is 0. The maximum Gasteiger partial charge on any atom is 0.0143 e. The van der Waals surface area contributed by atoms with Gasteiger partial charge in [0, 0.05) is 11.8 Å². The second-order valence-corrected chi connectivity index (χ2v) is 5.05. The van der Waals surface area contributed by atoms with Crippen molar-refractivity contribution in [1.82, 2.24) is 0 Å². The Hall–Kier alpha value is -1.56. The number of rotatable bonds is 2. The van der Waals surface area contributed by atoms with Gasteiger partial charge in [-0.1, -0.05) is 74.1 Å². The summed E-state index contributed by atoms with van der Waals surface area (Å²) < 4.78 is 0. The Kier molecular flexibility index (Phi) is 3.33. The van der Waals surface area contributed by atoms with E-state index in [0.717, 1.165) is 0 Å². The molecule has 1 aliphatic rings. The van der Waals surface area contributed by atoms with Crippen molar-refractivity contribution in [2.24, 2.45) is 0 Å². The maximum atomic E-state index is 2.27. The molecule has 1 radical (unpaired) electrons. The number of benzene rings is 1. The quantitative estimate of drug-likeness (QED) is 0.686. The van der Waals surface area contributed by atoms with Crippen LogP contribution in [-0.2, 0) is 5.41 Å². The minimum Gasteiger partial charge on any atom is -0.0723 e. The molecule has 1 aromatic rings. The third-order valence-corrected chi connectivity index (χ3v) is 3.38. The van der Waals surface area contributed by atoms with Crippen LogP contribution < -0.4 is 0 Å². The highest BCUT2D eigenvalue weighted by atomic mass is 14.3. The zero-order chi connectivity index (χ0) is 12.3.